The van der Waals surface area contributed by atoms with Gasteiger partial charge >= 0.3 is 0 Å². The molecule has 3 unspecified atom stereocenters. The van der Waals surface area contributed by atoms with E-state index in [1.807, 2.05) is 0 Å². The zero-order chi connectivity index (χ0) is 22.6. The van der Waals surface area contributed by atoms with Gasteiger partial charge in [-0.3, -0.25) is 4.79 Å². The second-order valence-electron chi connectivity index (χ2n) is 7.32. The molecule has 1 saturated heterocycles. The summed E-state index contributed by atoms with van der Waals surface area (Å²) >= 11 is 0. The average molecular weight is 438 g/mol. The van der Waals surface area contributed by atoms with E-state index in [-0.39, 0.29) is 19.1 Å². The summed E-state index contributed by atoms with van der Waals surface area (Å²) in [7, 11) is 0. The zero-order valence-corrected chi connectivity index (χ0v) is 17.2. The normalized spacial score (nSPS) is 25.6. The highest BCUT2D eigenvalue weighted by atomic mass is 16.7. The molecule has 2 rings (SSSR count). The topological polar surface area (TPSA) is 177 Å². The number of benzene rings is 1. The van der Waals surface area contributed by atoms with Crippen LogP contribution in [0.2, 0.25) is 0 Å². The van der Waals surface area contributed by atoms with Crippen LogP contribution in [0.4, 0.5) is 0 Å². The molecule has 5 N–H and O–H groups in total. The standard InChI is InChI=1S/C20H30N4O7/c21-24-23-11-13-5-7-14(8-6-13)19(29)22-9-3-1-2-4-10-30-20-18(28)17(27)16(26)15(12-25)31-20/h5-8,15-18,20,25-28H,1-4,9-12H2,(H,22,29)/t15?,16-,17?,18?,20-/m1/s1. The lowest BCUT2D eigenvalue weighted by Gasteiger charge is -2.39. The summed E-state index contributed by atoms with van der Waals surface area (Å²) < 4.78 is 10.7. The van der Waals surface area contributed by atoms with Crippen LogP contribution in [0.25, 0.3) is 10.4 Å². The zero-order valence-electron chi connectivity index (χ0n) is 17.2. The molecule has 1 aliphatic rings. The van der Waals surface area contributed by atoms with Crippen molar-refractivity contribution in [2.75, 3.05) is 19.8 Å². The molecule has 0 aromatic heterocycles. The molecule has 1 aromatic rings. The third-order valence-corrected chi connectivity index (χ3v) is 5.02. The van der Waals surface area contributed by atoms with Crippen LogP contribution >= 0.6 is 0 Å². The van der Waals surface area contributed by atoms with E-state index in [9.17, 15) is 20.1 Å². The first-order chi connectivity index (χ1) is 15.0. The summed E-state index contributed by atoms with van der Waals surface area (Å²) in [5, 5.41) is 44.8. The number of hydrogen-bond donors (Lipinski definition) is 5. The summed E-state index contributed by atoms with van der Waals surface area (Å²) in [5.41, 5.74) is 9.69. The Morgan fingerprint density at radius 2 is 1.81 bits per heavy atom. The first-order valence-electron chi connectivity index (χ1n) is 10.3. The largest absolute Gasteiger partial charge is 0.394 e. The van der Waals surface area contributed by atoms with Crippen molar-refractivity contribution in [3.05, 3.63) is 45.8 Å². The Bertz CT molecular complexity index is 725. The van der Waals surface area contributed by atoms with Crippen LogP contribution in [0.1, 0.15) is 41.6 Å². The van der Waals surface area contributed by atoms with E-state index >= 15 is 0 Å². The molecule has 11 nitrogen and oxygen atoms in total. The third kappa shape index (κ3) is 7.75. The summed E-state index contributed by atoms with van der Waals surface area (Å²) in [5.74, 6) is -0.165. The molecule has 0 aliphatic carbocycles. The minimum Gasteiger partial charge on any atom is -0.394 e. The number of nitrogens with one attached hydrogen (secondary N) is 1. The smallest absolute Gasteiger partial charge is 0.251 e. The van der Waals surface area contributed by atoms with Crippen LogP contribution < -0.4 is 5.32 Å². The third-order valence-electron chi connectivity index (χ3n) is 5.02. The van der Waals surface area contributed by atoms with Crippen LogP contribution in [0.3, 0.4) is 0 Å². The molecule has 0 bridgehead atoms. The maximum Gasteiger partial charge on any atom is 0.251 e. The molecule has 0 saturated carbocycles. The SMILES string of the molecule is [N-]=[N+]=NCc1ccc(C(=O)NCCCCCCO[C@@H]2OC(CO)[C@@H](O)C(O)C2O)cc1. The molecule has 11 heteroatoms. The fourth-order valence-corrected chi connectivity index (χ4v) is 3.16. The molecule has 1 aromatic carbocycles. The minimum atomic E-state index is -1.44. The maximum atomic E-state index is 12.1. The molecule has 1 fully saturated rings. The van der Waals surface area contributed by atoms with E-state index in [1.165, 1.54) is 0 Å². The van der Waals surface area contributed by atoms with E-state index in [2.05, 4.69) is 15.3 Å². The summed E-state index contributed by atoms with van der Waals surface area (Å²) in [6, 6.07) is 6.87. The predicted octanol–water partition coefficient (Wildman–Crippen LogP) is 0.604. The summed E-state index contributed by atoms with van der Waals surface area (Å²) in [4.78, 5) is 14.8. The Balaban J connectivity index is 1.56. The number of aliphatic hydroxyl groups excluding tert-OH is 4. The van der Waals surface area contributed by atoms with Crippen molar-refractivity contribution in [3.63, 3.8) is 0 Å². The Labute approximate surface area is 180 Å². The van der Waals surface area contributed by atoms with Gasteiger partial charge in [-0.1, -0.05) is 30.1 Å². The number of unbranched alkanes of at least 4 members (excludes halogenated alkanes) is 3. The fourth-order valence-electron chi connectivity index (χ4n) is 3.16. The van der Waals surface area contributed by atoms with Crippen molar-refractivity contribution < 1.29 is 34.7 Å². The first kappa shape index (κ1) is 25.0. The van der Waals surface area contributed by atoms with Gasteiger partial charge in [0.1, 0.15) is 24.4 Å². The number of amides is 1. The van der Waals surface area contributed by atoms with Gasteiger partial charge in [0, 0.05) is 23.6 Å². The molecule has 172 valence electrons. The highest BCUT2D eigenvalue weighted by Gasteiger charge is 2.43. The van der Waals surface area contributed by atoms with Gasteiger partial charge in [-0.05, 0) is 36.1 Å². The first-order valence-corrected chi connectivity index (χ1v) is 10.3. The van der Waals surface area contributed by atoms with Crippen molar-refractivity contribution in [2.24, 2.45) is 5.11 Å². The van der Waals surface area contributed by atoms with Crippen LogP contribution in [0.15, 0.2) is 29.4 Å². The monoisotopic (exact) mass is 438 g/mol. The highest BCUT2D eigenvalue weighted by Crippen LogP contribution is 2.22. The molecule has 31 heavy (non-hydrogen) atoms. The van der Waals surface area contributed by atoms with E-state index in [0.717, 1.165) is 24.8 Å². The van der Waals surface area contributed by atoms with E-state index in [1.54, 1.807) is 24.3 Å². The number of carbonyl (C=O) groups excluding carboxylic acids is 1. The number of azide groups is 1. The van der Waals surface area contributed by atoms with Gasteiger partial charge in [0.25, 0.3) is 5.91 Å². The van der Waals surface area contributed by atoms with Crippen molar-refractivity contribution in [3.8, 4) is 0 Å². The number of hydrogen-bond acceptors (Lipinski definition) is 8. The molecule has 1 aliphatic heterocycles. The van der Waals surface area contributed by atoms with Gasteiger partial charge in [-0.25, -0.2) is 0 Å². The fraction of sp³-hybridized carbons (Fsp3) is 0.650. The quantitative estimate of drug-likeness (QED) is 0.137. The van der Waals surface area contributed by atoms with Gasteiger partial charge in [-0.2, -0.15) is 0 Å². The molecule has 1 amide bonds. The number of ether oxygens (including phenoxy) is 2. The lowest BCUT2D eigenvalue weighted by atomic mass is 9.99. The molecule has 5 atom stereocenters. The average Bonchev–Trinajstić information content (AvgIpc) is 2.79. The van der Waals surface area contributed by atoms with Crippen molar-refractivity contribution in [1.82, 2.24) is 5.32 Å². The van der Waals surface area contributed by atoms with E-state index in [0.29, 0.717) is 18.5 Å². The van der Waals surface area contributed by atoms with Gasteiger partial charge in [-0.15, -0.1) is 0 Å². The Kier molecular flexibility index (Phi) is 10.7. The van der Waals surface area contributed by atoms with E-state index < -0.39 is 37.3 Å². The highest BCUT2D eigenvalue weighted by molar-refractivity contribution is 5.94. The van der Waals surface area contributed by atoms with Crippen LogP contribution in [0.5, 0.6) is 0 Å². The van der Waals surface area contributed by atoms with Gasteiger partial charge in [0.2, 0.25) is 0 Å². The summed E-state index contributed by atoms with van der Waals surface area (Å²) in [6.07, 6.45) is -3.13. The maximum absolute atomic E-state index is 12.1. The van der Waals surface area contributed by atoms with E-state index in [4.69, 9.17) is 20.1 Å². The lowest BCUT2D eigenvalue weighted by molar-refractivity contribution is -0.301. The Morgan fingerprint density at radius 1 is 1.10 bits per heavy atom. The lowest BCUT2D eigenvalue weighted by Crippen LogP contribution is -2.59. The molecule has 1 heterocycles. The van der Waals surface area contributed by atoms with Crippen LogP contribution in [0, 0.1) is 0 Å². The Hall–Kier alpha value is -2.24. The number of rotatable bonds is 12. The van der Waals surface area contributed by atoms with Crippen molar-refractivity contribution in [1.29, 1.82) is 0 Å². The molecular weight excluding hydrogens is 408 g/mol. The van der Waals surface area contributed by atoms with Crippen LogP contribution in [-0.4, -0.2) is 76.8 Å². The molecule has 0 spiro atoms. The minimum absolute atomic E-state index is 0.165. The second-order valence-corrected chi connectivity index (χ2v) is 7.32. The molecule has 0 radical (unpaired) electrons. The number of aliphatic hydroxyl groups is 4. The van der Waals surface area contributed by atoms with Crippen LogP contribution in [-0.2, 0) is 16.0 Å². The number of nitrogens with zero attached hydrogens (tertiary/aromatic N) is 3. The van der Waals surface area contributed by atoms with Crippen molar-refractivity contribution >= 4 is 5.91 Å². The second kappa shape index (κ2) is 13.2. The number of carbonyl (C=O) groups is 1. The van der Waals surface area contributed by atoms with Gasteiger partial charge in [0.05, 0.1) is 13.2 Å². The summed E-state index contributed by atoms with van der Waals surface area (Å²) in [6.45, 7) is 0.582. The molecular formula is C20H30N4O7. The van der Waals surface area contributed by atoms with Crippen molar-refractivity contribution in [2.45, 2.75) is 62.9 Å². The predicted molar refractivity (Wildman–Crippen MR) is 110 cm³/mol. The van der Waals surface area contributed by atoms with Gasteiger partial charge in [0.15, 0.2) is 6.29 Å². The Morgan fingerprint density at radius 3 is 2.48 bits per heavy atom. The van der Waals surface area contributed by atoms with Gasteiger partial charge < -0.3 is 35.2 Å².